The van der Waals surface area contributed by atoms with Crippen molar-refractivity contribution in [3.63, 3.8) is 0 Å². The molecule has 20 heavy (non-hydrogen) atoms. The quantitative estimate of drug-likeness (QED) is 0.853. The Morgan fingerprint density at radius 3 is 2.45 bits per heavy atom. The van der Waals surface area contributed by atoms with Crippen molar-refractivity contribution >= 4 is 0 Å². The lowest BCUT2D eigenvalue weighted by molar-refractivity contribution is -0.192. The van der Waals surface area contributed by atoms with Crippen LogP contribution < -0.4 is 0 Å². The highest BCUT2D eigenvalue weighted by Crippen LogP contribution is 2.36. The van der Waals surface area contributed by atoms with E-state index < -0.39 is 11.6 Å². The molecule has 1 aromatic rings. The fraction of sp³-hybridized carbons (Fsp3) is 0.600. The van der Waals surface area contributed by atoms with Crippen LogP contribution in [0.5, 0.6) is 0 Å². The molecule has 1 aliphatic heterocycles. The highest BCUT2D eigenvalue weighted by atomic mass is 19.2. The summed E-state index contributed by atoms with van der Waals surface area (Å²) in [5.41, 5.74) is 0.651. The normalized spacial score (nSPS) is 22.5. The van der Waals surface area contributed by atoms with Crippen LogP contribution in [0.4, 0.5) is 8.78 Å². The number of benzene rings is 1. The third kappa shape index (κ3) is 3.00. The minimum atomic E-state index is -0.832. The van der Waals surface area contributed by atoms with Crippen LogP contribution in [-0.4, -0.2) is 25.1 Å². The second-order valence-corrected chi connectivity index (χ2v) is 5.37. The Kier molecular flexibility index (Phi) is 4.01. The summed E-state index contributed by atoms with van der Waals surface area (Å²) in [6.07, 6.45) is 3.51. The summed E-state index contributed by atoms with van der Waals surface area (Å²) in [6, 6.07) is 3.86. The van der Waals surface area contributed by atoms with Gasteiger partial charge in [-0.2, -0.15) is 0 Å². The summed E-state index contributed by atoms with van der Waals surface area (Å²) < 4.78 is 43.0. The van der Waals surface area contributed by atoms with Crippen LogP contribution in [0.25, 0.3) is 0 Å². The second-order valence-electron chi connectivity index (χ2n) is 5.37. The van der Waals surface area contributed by atoms with E-state index in [1.165, 1.54) is 6.07 Å². The summed E-state index contributed by atoms with van der Waals surface area (Å²) in [7, 11) is 0. The molecular weight excluding hydrogens is 266 g/mol. The summed E-state index contributed by atoms with van der Waals surface area (Å²) in [5, 5.41) is 0. The van der Waals surface area contributed by atoms with E-state index in [0.717, 1.165) is 31.7 Å². The van der Waals surface area contributed by atoms with Gasteiger partial charge in [0.2, 0.25) is 0 Å². The standard InChI is InChI=1S/C15H18F2O3/c16-13-2-1-11(9-14(13)17)10-18-12-3-5-15(6-4-12)19-7-8-20-15/h1-2,9,12H,3-8,10H2. The molecule has 0 radical (unpaired) electrons. The molecule has 5 heteroatoms. The van der Waals surface area contributed by atoms with E-state index in [0.29, 0.717) is 25.4 Å². The van der Waals surface area contributed by atoms with Gasteiger partial charge in [-0.1, -0.05) is 6.07 Å². The van der Waals surface area contributed by atoms with Gasteiger partial charge in [-0.15, -0.1) is 0 Å². The van der Waals surface area contributed by atoms with Crippen molar-refractivity contribution in [3.8, 4) is 0 Å². The van der Waals surface area contributed by atoms with Crippen molar-refractivity contribution in [1.29, 1.82) is 0 Å². The third-order valence-corrected chi connectivity index (χ3v) is 3.98. The molecule has 1 saturated heterocycles. The SMILES string of the molecule is Fc1ccc(COC2CCC3(CC2)OCCO3)cc1F. The van der Waals surface area contributed by atoms with Crippen molar-refractivity contribution in [2.45, 2.75) is 44.2 Å². The van der Waals surface area contributed by atoms with Gasteiger partial charge in [0.25, 0.3) is 0 Å². The van der Waals surface area contributed by atoms with E-state index in [2.05, 4.69) is 0 Å². The molecule has 1 spiro atoms. The first kappa shape index (κ1) is 13.9. The first-order valence-electron chi connectivity index (χ1n) is 7.00. The Hall–Kier alpha value is -1.04. The molecule has 0 amide bonds. The van der Waals surface area contributed by atoms with Crippen LogP contribution in [-0.2, 0) is 20.8 Å². The van der Waals surface area contributed by atoms with Gasteiger partial charge in [-0.05, 0) is 30.5 Å². The lowest BCUT2D eigenvalue weighted by Gasteiger charge is -2.35. The third-order valence-electron chi connectivity index (χ3n) is 3.98. The molecule has 3 rings (SSSR count). The van der Waals surface area contributed by atoms with E-state index in [9.17, 15) is 8.78 Å². The molecule has 1 saturated carbocycles. The molecule has 0 aromatic heterocycles. The average molecular weight is 284 g/mol. The molecule has 2 aliphatic rings. The fourth-order valence-corrected chi connectivity index (χ4v) is 2.83. The molecule has 3 nitrogen and oxygen atoms in total. The predicted molar refractivity (Wildman–Crippen MR) is 68.0 cm³/mol. The maximum absolute atomic E-state index is 13.1. The molecular formula is C15H18F2O3. The monoisotopic (exact) mass is 284 g/mol. The highest BCUT2D eigenvalue weighted by Gasteiger charge is 2.40. The molecule has 0 unspecified atom stereocenters. The Morgan fingerprint density at radius 1 is 1.10 bits per heavy atom. The van der Waals surface area contributed by atoms with Crippen molar-refractivity contribution in [2.24, 2.45) is 0 Å². The minimum absolute atomic E-state index is 0.126. The number of rotatable bonds is 3. The largest absolute Gasteiger partial charge is 0.374 e. The van der Waals surface area contributed by atoms with Gasteiger partial charge < -0.3 is 14.2 Å². The number of hydrogen-bond donors (Lipinski definition) is 0. The summed E-state index contributed by atoms with van der Waals surface area (Å²) in [5.74, 6) is -2.05. The molecule has 2 fully saturated rings. The van der Waals surface area contributed by atoms with E-state index in [1.807, 2.05) is 0 Å². The molecule has 1 aromatic carbocycles. The maximum Gasteiger partial charge on any atom is 0.168 e. The van der Waals surface area contributed by atoms with Crippen LogP contribution in [0, 0.1) is 11.6 Å². The molecule has 1 heterocycles. The van der Waals surface area contributed by atoms with Gasteiger partial charge in [0, 0.05) is 12.8 Å². The van der Waals surface area contributed by atoms with Crippen molar-refractivity contribution < 1.29 is 23.0 Å². The molecule has 1 aliphatic carbocycles. The van der Waals surface area contributed by atoms with Crippen LogP contribution in [0.2, 0.25) is 0 Å². The number of halogens is 2. The predicted octanol–water partition coefficient (Wildman–Crippen LogP) is 3.17. The van der Waals surface area contributed by atoms with Gasteiger partial charge in [0.05, 0.1) is 25.9 Å². The zero-order chi connectivity index (χ0) is 14.0. The smallest absolute Gasteiger partial charge is 0.168 e. The van der Waals surface area contributed by atoms with Gasteiger partial charge in [0.15, 0.2) is 17.4 Å². The lowest BCUT2D eigenvalue weighted by atomic mass is 9.92. The van der Waals surface area contributed by atoms with E-state index >= 15 is 0 Å². The number of hydrogen-bond acceptors (Lipinski definition) is 3. The van der Waals surface area contributed by atoms with Gasteiger partial charge in [-0.3, -0.25) is 0 Å². The van der Waals surface area contributed by atoms with Gasteiger partial charge >= 0.3 is 0 Å². The van der Waals surface area contributed by atoms with E-state index in [4.69, 9.17) is 14.2 Å². The Morgan fingerprint density at radius 2 is 1.80 bits per heavy atom. The highest BCUT2D eigenvalue weighted by molar-refractivity contribution is 5.16. The summed E-state index contributed by atoms with van der Waals surface area (Å²) in [6.45, 7) is 1.64. The first-order valence-corrected chi connectivity index (χ1v) is 7.00. The van der Waals surface area contributed by atoms with Gasteiger partial charge in [0.1, 0.15) is 0 Å². The lowest BCUT2D eigenvalue weighted by Crippen LogP contribution is -2.37. The maximum atomic E-state index is 13.1. The molecule has 0 bridgehead atoms. The zero-order valence-corrected chi connectivity index (χ0v) is 11.2. The number of ether oxygens (including phenoxy) is 3. The average Bonchev–Trinajstić information content (AvgIpc) is 2.90. The fourth-order valence-electron chi connectivity index (χ4n) is 2.83. The molecule has 0 atom stereocenters. The van der Waals surface area contributed by atoms with Crippen molar-refractivity contribution in [1.82, 2.24) is 0 Å². The zero-order valence-electron chi connectivity index (χ0n) is 11.2. The van der Waals surface area contributed by atoms with Crippen LogP contribution >= 0.6 is 0 Å². The van der Waals surface area contributed by atoms with Crippen LogP contribution in [0.3, 0.4) is 0 Å². The summed E-state index contributed by atoms with van der Waals surface area (Å²) >= 11 is 0. The topological polar surface area (TPSA) is 27.7 Å². The first-order chi connectivity index (χ1) is 9.67. The van der Waals surface area contributed by atoms with E-state index in [-0.39, 0.29) is 11.9 Å². The second kappa shape index (κ2) is 5.76. The Labute approximate surface area is 116 Å². The molecule has 0 N–H and O–H groups in total. The Balaban J connectivity index is 1.49. The van der Waals surface area contributed by atoms with Crippen LogP contribution in [0.15, 0.2) is 18.2 Å². The Bertz CT molecular complexity index is 462. The molecule has 110 valence electrons. The minimum Gasteiger partial charge on any atom is -0.374 e. The van der Waals surface area contributed by atoms with Crippen molar-refractivity contribution in [3.05, 3.63) is 35.4 Å². The van der Waals surface area contributed by atoms with Crippen LogP contribution in [0.1, 0.15) is 31.2 Å². The van der Waals surface area contributed by atoms with E-state index in [1.54, 1.807) is 6.07 Å². The summed E-state index contributed by atoms with van der Waals surface area (Å²) in [4.78, 5) is 0. The van der Waals surface area contributed by atoms with Gasteiger partial charge in [-0.25, -0.2) is 8.78 Å². The van der Waals surface area contributed by atoms with Crippen molar-refractivity contribution in [2.75, 3.05) is 13.2 Å².